The van der Waals surface area contributed by atoms with Crippen molar-refractivity contribution in [2.45, 2.75) is 52.0 Å². The van der Waals surface area contributed by atoms with Crippen molar-refractivity contribution in [2.75, 3.05) is 5.32 Å². The summed E-state index contributed by atoms with van der Waals surface area (Å²) in [7, 11) is 0. The van der Waals surface area contributed by atoms with Gasteiger partial charge in [-0.05, 0) is 66.3 Å². The lowest BCUT2D eigenvalue weighted by Crippen LogP contribution is -2.26. The van der Waals surface area contributed by atoms with Crippen molar-refractivity contribution in [3.8, 4) is 28.4 Å². The zero-order chi connectivity index (χ0) is 27.4. The first-order valence-corrected chi connectivity index (χ1v) is 13.6. The van der Waals surface area contributed by atoms with Crippen molar-refractivity contribution in [1.29, 1.82) is 0 Å². The van der Waals surface area contributed by atoms with Crippen LogP contribution in [0.15, 0.2) is 66.7 Å². The number of benzene rings is 3. The van der Waals surface area contributed by atoms with E-state index in [2.05, 4.69) is 22.9 Å². The smallest absolute Gasteiger partial charge is 0.168 e. The molecule has 0 saturated heterocycles. The van der Waals surface area contributed by atoms with Crippen LogP contribution in [-0.4, -0.2) is 26.3 Å². The van der Waals surface area contributed by atoms with Gasteiger partial charge in [0.05, 0.1) is 28.8 Å². The Morgan fingerprint density at radius 3 is 2.49 bits per heavy atom. The van der Waals surface area contributed by atoms with E-state index in [0.29, 0.717) is 18.4 Å². The van der Waals surface area contributed by atoms with Gasteiger partial charge in [-0.15, -0.1) is 0 Å². The van der Waals surface area contributed by atoms with Crippen LogP contribution in [0.4, 0.5) is 5.69 Å². The second-order valence-corrected chi connectivity index (χ2v) is 10.9. The van der Waals surface area contributed by atoms with Gasteiger partial charge in [-0.25, -0.2) is 0 Å². The van der Waals surface area contributed by atoms with Crippen LogP contribution in [0, 0.1) is 12.8 Å². The summed E-state index contributed by atoms with van der Waals surface area (Å²) < 4.78 is 2.20. The number of hydrogen-bond donors (Lipinski definition) is 3. The van der Waals surface area contributed by atoms with E-state index in [4.69, 9.17) is 0 Å². The minimum Gasteiger partial charge on any atom is -0.504 e. The SMILES string of the molecule is CCC1CC(=O)CC(C)C(=O)c2c1c1n(c2-c2cccc(C)c2)-c2ccccc2NC1c1ccc(O)c(O)c1. The van der Waals surface area contributed by atoms with E-state index >= 15 is 0 Å². The number of ketones is 2. The predicted molar refractivity (Wildman–Crippen MR) is 152 cm³/mol. The molecule has 6 heteroatoms. The molecule has 3 N–H and O–H groups in total. The van der Waals surface area contributed by atoms with E-state index in [9.17, 15) is 19.8 Å². The van der Waals surface area contributed by atoms with E-state index in [-0.39, 0.29) is 35.4 Å². The molecule has 1 aliphatic heterocycles. The molecule has 0 bridgehead atoms. The summed E-state index contributed by atoms with van der Waals surface area (Å²) in [6.45, 7) is 5.97. The van der Waals surface area contributed by atoms with Crippen LogP contribution in [0.3, 0.4) is 0 Å². The average molecular weight is 521 g/mol. The summed E-state index contributed by atoms with van der Waals surface area (Å²) in [5.74, 6) is -0.874. The first-order valence-electron chi connectivity index (χ1n) is 13.6. The highest BCUT2D eigenvalue weighted by molar-refractivity contribution is 6.08. The van der Waals surface area contributed by atoms with Crippen LogP contribution in [0.25, 0.3) is 16.9 Å². The Morgan fingerprint density at radius 1 is 0.949 bits per heavy atom. The van der Waals surface area contributed by atoms with Crippen LogP contribution in [-0.2, 0) is 4.79 Å². The number of rotatable bonds is 3. The summed E-state index contributed by atoms with van der Waals surface area (Å²) >= 11 is 0. The largest absolute Gasteiger partial charge is 0.504 e. The molecule has 0 radical (unpaired) electrons. The number of carbonyl (C=O) groups is 2. The molecule has 3 atom stereocenters. The maximum atomic E-state index is 14.3. The lowest BCUT2D eigenvalue weighted by atomic mass is 9.78. The van der Waals surface area contributed by atoms with Gasteiger partial charge in [0.25, 0.3) is 0 Å². The van der Waals surface area contributed by atoms with Gasteiger partial charge in [0, 0.05) is 24.3 Å². The number of aromatic hydroxyl groups is 2. The summed E-state index contributed by atoms with van der Waals surface area (Å²) in [6.07, 6.45) is 1.33. The number of phenols is 2. The molecule has 1 aliphatic carbocycles. The molecule has 3 unspecified atom stereocenters. The summed E-state index contributed by atoms with van der Waals surface area (Å²) in [6, 6.07) is 20.6. The third-order valence-electron chi connectivity index (χ3n) is 8.19. The second kappa shape index (κ2) is 9.45. The van der Waals surface area contributed by atoms with Crippen molar-refractivity contribution >= 4 is 17.3 Å². The highest BCUT2D eigenvalue weighted by Crippen LogP contribution is 2.50. The fourth-order valence-electron chi connectivity index (χ4n) is 6.34. The Bertz CT molecular complexity index is 1630. The van der Waals surface area contributed by atoms with E-state index < -0.39 is 12.0 Å². The zero-order valence-corrected chi connectivity index (χ0v) is 22.4. The molecule has 1 aromatic heterocycles. The fraction of sp³-hybridized carbons (Fsp3) is 0.273. The summed E-state index contributed by atoms with van der Waals surface area (Å²) in [4.78, 5) is 27.3. The number of phenolic OH excluding ortho intramolecular Hbond substituents is 2. The maximum absolute atomic E-state index is 14.3. The van der Waals surface area contributed by atoms with Crippen LogP contribution in [0.1, 0.15) is 77.8 Å². The van der Waals surface area contributed by atoms with E-state index in [1.165, 1.54) is 6.07 Å². The zero-order valence-electron chi connectivity index (χ0n) is 22.4. The number of nitrogens with one attached hydrogen (secondary N) is 1. The Morgan fingerprint density at radius 2 is 1.74 bits per heavy atom. The molecule has 0 spiro atoms. The Labute approximate surface area is 227 Å². The molecule has 6 nitrogen and oxygen atoms in total. The van der Waals surface area contributed by atoms with Gasteiger partial charge in [-0.2, -0.15) is 0 Å². The van der Waals surface area contributed by atoms with Crippen LogP contribution in [0.2, 0.25) is 0 Å². The molecule has 2 heterocycles. The van der Waals surface area contributed by atoms with E-state index in [1.807, 2.05) is 56.3 Å². The number of Topliss-reactive ketones (excluding diaryl/α,β-unsaturated/α-hetero) is 2. The number of anilines is 1. The van der Waals surface area contributed by atoms with Crippen LogP contribution >= 0.6 is 0 Å². The highest BCUT2D eigenvalue weighted by Gasteiger charge is 2.41. The summed E-state index contributed by atoms with van der Waals surface area (Å²) in [5, 5.41) is 24.1. The molecule has 0 amide bonds. The Hall–Kier alpha value is -4.32. The lowest BCUT2D eigenvalue weighted by Gasteiger charge is -2.33. The molecule has 3 aromatic carbocycles. The molecule has 4 aromatic rings. The minimum atomic E-state index is -0.429. The number of nitrogens with zero attached hydrogens (tertiary/aromatic N) is 1. The number of carbonyl (C=O) groups excluding carboxylic acids is 2. The lowest BCUT2D eigenvalue weighted by molar-refractivity contribution is -0.120. The fourth-order valence-corrected chi connectivity index (χ4v) is 6.34. The van der Waals surface area contributed by atoms with Gasteiger partial charge >= 0.3 is 0 Å². The molecular formula is C33H32N2O4. The van der Waals surface area contributed by atoms with Gasteiger partial charge in [0.2, 0.25) is 0 Å². The molecule has 39 heavy (non-hydrogen) atoms. The first-order chi connectivity index (χ1) is 18.8. The molecular weight excluding hydrogens is 488 g/mol. The molecule has 0 saturated carbocycles. The third kappa shape index (κ3) is 4.02. The number of para-hydroxylation sites is 2. The second-order valence-electron chi connectivity index (χ2n) is 10.9. The standard InChI is InChI=1S/C33H32N2O4/c1-4-20-16-23(36)15-19(3)33(39)29-28(20)32-30(21-12-13-26(37)27(38)17-21)34-24-10-5-6-11-25(24)35(32)31(29)22-9-7-8-18(2)14-22/h5-14,17,19-20,30,34,37-38H,4,15-16H2,1-3H3. The highest BCUT2D eigenvalue weighted by atomic mass is 16.3. The van der Waals surface area contributed by atoms with Crippen LogP contribution in [0.5, 0.6) is 11.5 Å². The minimum absolute atomic E-state index is 0.0142. The Kier molecular flexibility index (Phi) is 6.06. The topological polar surface area (TPSA) is 91.6 Å². The van der Waals surface area contributed by atoms with Gasteiger partial charge in [0.1, 0.15) is 5.78 Å². The van der Waals surface area contributed by atoms with Crippen molar-refractivity contribution in [3.05, 3.63) is 94.7 Å². The van der Waals surface area contributed by atoms with Crippen molar-refractivity contribution in [1.82, 2.24) is 4.57 Å². The van der Waals surface area contributed by atoms with Gasteiger partial charge < -0.3 is 20.1 Å². The van der Waals surface area contributed by atoms with Crippen molar-refractivity contribution in [2.24, 2.45) is 5.92 Å². The van der Waals surface area contributed by atoms with Gasteiger partial charge in [-0.3, -0.25) is 9.59 Å². The number of hydrogen-bond acceptors (Lipinski definition) is 5. The Balaban J connectivity index is 1.78. The van der Waals surface area contributed by atoms with Crippen molar-refractivity contribution in [3.63, 3.8) is 0 Å². The number of aromatic nitrogens is 1. The van der Waals surface area contributed by atoms with Gasteiger partial charge in [0.15, 0.2) is 17.3 Å². The summed E-state index contributed by atoms with van der Waals surface area (Å²) in [5.41, 5.74) is 7.94. The quantitative estimate of drug-likeness (QED) is 0.252. The monoisotopic (exact) mass is 520 g/mol. The number of aryl methyl sites for hydroxylation is 1. The third-order valence-corrected chi connectivity index (χ3v) is 8.19. The molecule has 2 aliphatic rings. The normalized spacial score (nSPS) is 20.3. The van der Waals surface area contributed by atoms with Crippen LogP contribution < -0.4 is 5.32 Å². The first kappa shape index (κ1) is 25.0. The average Bonchev–Trinajstić information content (AvgIpc) is 3.28. The van der Waals surface area contributed by atoms with Crippen molar-refractivity contribution < 1.29 is 19.8 Å². The molecule has 0 fully saturated rings. The van der Waals surface area contributed by atoms with E-state index in [0.717, 1.165) is 45.0 Å². The predicted octanol–water partition coefficient (Wildman–Crippen LogP) is 7.05. The number of fused-ring (bicyclic) bond motifs is 5. The molecule has 6 rings (SSSR count). The molecule has 198 valence electrons. The van der Waals surface area contributed by atoms with Gasteiger partial charge in [-0.1, -0.05) is 55.8 Å². The maximum Gasteiger partial charge on any atom is 0.168 e. The van der Waals surface area contributed by atoms with E-state index in [1.54, 1.807) is 12.1 Å².